The van der Waals surface area contributed by atoms with Crippen LogP contribution < -0.4 is 5.32 Å². The Balaban J connectivity index is 1.45. The van der Waals surface area contributed by atoms with Gasteiger partial charge in [0.05, 0.1) is 12.3 Å². The highest BCUT2D eigenvalue weighted by molar-refractivity contribution is 9.10. The van der Waals surface area contributed by atoms with E-state index in [4.69, 9.17) is 9.26 Å². The summed E-state index contributed by atoms with van der Waals surface area (Å²) in [6.45, 7) is 1.77. The minimum Gasteiger partial charge on any atom is -0.369 e. The second-order valence-electron chi connectivity index (χ2n) is 5.02. The lowest BCUT2D eigenvalue weighted by Crippen LogP contribution is -2.15. The van der Waals surface area contributed by atoms with Crippen molar-refractivity contribution in [2.75, 3.05) is 0 Å². The van der Waals surface area contributed by atoms with Crippen molar-refractivity contribution in [1.29, 1.82) is 0 Å². The fraction of sp³-hybridized carbons (Fsp3) is 0.400. The molecule has 1 aromatic heterocycles. The molecule has 0 spiro atoms. The molecule has 0 atom stereocenters. The average Bonchev–Trinajstić information content (AvgIpc) is 3.18. The van der Waals surface area contributed by atoms with E-state index in [-0.39, 0.29) is 0 Å². The number of ether oxygens (including phenoxy) is 1. The third-order valence-corrected chi connectivity index (χ3v) is 3.99. The van der Waals surface area contributed by atoms with E-state index in [1.165, 1.54) is 12.8 Å². The van der Waals surface area contributed by atoms with Crippen LogP contribution >= 0.6 is 15.9 Å². The largest absolute Gasteiger partial charge is 0.369 e. The van der Waals surface area contributed by atoms with Gasteiger partial charge in [0.15, 0.2) is 5.76 Å². The zero-order valence-corrected chi connectivity index (χ0v) is 12.7. The number of aromatic nitrogens is 1. The van der Waals surface area contributed by atoms with Crippen molar-refractivity contribution in [1.82, 2.24) is 10.5 Å². The van der Waals surface area contributed by atoms with Gasteiger partial charge in [0.25, 0.3) is 0 Å². The van der Waals surface area contributed by atoms with Crippen LogP contribution in [0.2, 0.25) is 0 Å². The number of halogens is 1. The van der Waals surface area contributed by atoms with Gasteiger partial charge in [-0.3, -0.25) is 0 Å². The van der Waals surface area contributed by atoms with Gasteiger partial charge in [-0.05, 0) is 24.5 Å². The Labute approximate surface area is 126 Å². The third kappa shape index (κ3) is 3.91. The van der Waals surface area contributed by atoms with E-state index in [0.717, 1.165) is 28.0 Å². The number of hydrogen-bond acceptors (Lipinski definition) is 4. The Hall–Kier alpha value is -1.17. The zero-order chi connectivity index (χ0) is 13.8. The lowest BCUT2D eigenvalue weighted by molar-refractivity contribution is 0.0879. The first kappa shape index (κ1) is 13.8. The molecule has 0 amide bonds. The zero-order valence-electron chi connectivity index (χ0n) is 11.1. The molecule has 1 saturated carbocycles. The Kier molecular flexibility index (Phi) is 4.50. The maximum absolute atomic E-state index is 5.65. The minimum atomic E-state index is 0.442. The van der Waals surface area contributed by atoms with Gasteiger partial charge in [-0.2, -0.15) is 0 Å². The third-order valence-electron chi connectivity index (χ3n) is 3.22. The molecule has 1 aliphatic carbocycles. The summed E-state index contributed by atoms with van der Waals surface area (Å²) in [5.74, 6) is 0.768. The molecule has 0 aliphatic heterocycles. The van der Waals surface area contributed by atoms with Crippen LogP contribution in [0.1, 0.15) is 29.9 Å². The number of benzene rings is 1. The monoisotopic (exact) mass is 336 g/mol. The van der Waals surface area contributed by atoms with E-state index >= 15 is 0 Å². The highest BCUT2D eigenvalue weighted by Crippen LogP contribution is 2.20. The van der Waals surface area contributed by atoms with Crippen molar-refractivity contribution in [2.24, 2.45) is 0 Å². The van der Waals surface area contributed by atoms with Crippen molar-refractivity contribution in [3.05, 3.63) is 51.8 Å². The van der Waals surface area contributed by atoms with Gasteiger partial charge in [-0.15, -0.1) is 0 Å². The molecule has 20 heavy (non-hydrogen) atoms. The quantitative estimate of drug-likeness (QED) is 0.841. The summed E-state index contributed by atoms with van der Waals surface area (Å²) < 4.78 is 12.0. The topological polar surface area (TPSA) is 47.3 Å². The van der Waals surface area contributed by atoms with E-state index in [2.05, 4.69) is 26.4 Å². The van der Waals surface area contributed by atoms with Crippen molar-refractivity contribution < 1.29 is 9.26 Å². The van der Waals surface area contributed by atoms with Gasteiger partial charge >= 0.3 is 0 Å². The fourth-order valence-corrected chi connectivity index (χ4v) is 2.32. The molecule has 0 bridgehead atoms. The summed E-state index contributed by atoms with van der Waals surface area (Å²) in [6, 6.07) is 10.7. The second kappa shape index (κ2) is 6.52. The van der Waals surface area contributed by atoms with Crippen molar-refractivity contribution in [3.8, 4) is 0 Å². The summed E-state index contributed by atoms with van der Waals surface area (Å²) in [7, 11) is 0. The van der Waals surface area contributed by atoms with Crippen LogP contribution in [-0.2, 0) is 24.5 Å². The standard InChI is InChI=1S/C15H17BrN2O2/c16-15-4-2-1-3-11(15)9-19-10-14-7-13(18-20-14)8-17-12-5-6-12/h1-4,7,12,17H,5-6,8-10H2. The van der Waals surface area contributed by atoms with Crippen LogP contribution in [0.25, 0.3) is 0 Å². The first-order valence-electron chi connectivity index (χ1n) is 6.80. The predicted octanol–water partition coefficient (Wildman–Crippen LogP) is 3.41. The molecule has 0 saturated heterocycles. The Bertz CT molecular complexity index is 567. The first-order chi connectivity index (χ1) is 9.81. The number of rotatable bonds is 7. The van der Waals surface area contributed by atoms with Crippen LogP contribution in [-0.4, -0.2) is 11.2 Å². The van der Waals surface area contributed by atoms with E-state index in [1.807, 2.05) is 30.3 Å². The van der Waals surface area contributed by atoms with E-state index in [9.17, 15) is 0 Å². The maximum Gasteiger partial charge on any atom is 0.162 e. The van der Waals surface area contributed by atoms with Crippen molar-refractivity contribution >= 4 is 15.9 Å². The summed E-state index contributed by atoms with van der Waals surface area (Å²) >= 11 is 3.50. The summed E-state index contributed by atoms with van der Waals surface area (Å²) in [5, 5.41) is 7.44. The van der Waals surface area contributed by atoms with Crippen LogP contribution in [0.5, 0.6) is 0 Å². The van der Waals surface area contributed by atoms with Crippen molar-refractivity contribution in [2.45, 2.75) is 38.6 Å². The summed E-state index contributed by atoms with van der Waals surface area (Å²) in [6.07, 6.45) is 2.56. The molecule has 3 rings (SSSR count). The molecule has 1 aromatic carbocycles. The number of nitrogens with zero attached hydrogens (tertiary/aromatic N) is 1. The average molecular weight is 337 g/mol. The van der Waals surface area contributed by atoms with Gasteiger partial charge in [0.2, 0.25) is 0 Å². The van der Waals surface area contributed by atoms with Gasteiger partial charge in [-0.1, -0.05) is 39.3 Å². The SMILES string of the molecule is Brc1ccccc1COCc1cc(CNC2CC2)no1. The lowest BCUT2D eigenvalue weighted by Gasteiger charge is -2.04. The van der Waals surface area contributed by atoms with E-state index in [0.29, 0.717) is 19.3 Å². The first-order valence-corrected chi connectivity index (χ1v) is 7.59. The number of nitrogens with one attached hydrogen (secondary N) is 1. The fourth-order valence-electron chi connectivity index (χ4n) is 1.92. The molecule has 106 valence electrons. The van der Waals surface area contributed by atoms with Crippen LogP contribution in [0.4, 0.5) is 0 Å². The van der Waals surface area contributed by atoms with Gasteiger partial charge in [0, 0.05) is 23.1 Å². The molecular weight excluding hydrogens is 320 g/mol. The van der Waals surface area contributed by atoms with Gasteiger partial charge in [0.1, 0.15) is 6.61 Å². The number of hydrogen-bond donors (Lipinski definition) is 1. The smallest absolute Gasteiger partial charge is 0.162 e. The second-order valence-corrected chi connectivity index (χ2v) is 5.88. The highest BCUT2D eigenvalue weighted by atomic mass is 79.9. The molecule has 0 unspecified atom stereocenters. The van der Waals surface area contributed by atoms with E-state index < -0.39 is 0 Å². The summed E-state index contributed by atoms with van der Waals surface area (Å²) in [4.78, 5) is 0. The van der Waals surface area contributed by atoms with Crippen LogP contribution in [0.15, 0.2) is 39.3 Å². The molecule has 1 fully saturated rings. The molecule has 0 radical (unpaired) electrons. The molecule has 2 aromatic rings. The maximum atomic E-state index is 5.65. The van der Waals surface area contributed by atoms with E-state index in [1.54, 1.807) is 0 Å². The molecule has 1 N–H and O–H groups in total. The molecule has 1 heterocycles. The lowest BCUT2D eigenvalue weighted by atomic mass is 10.2. The Morgan fingerprint density at radius 1 is 1.30 bits per heavy atom. The van der Waals surface area contributed by atoms with Crippen LogP contribution in [0, 0.1) is 0 Å². The molecular formula is C15H17BrN2O2. The summed E-state index contributed by atoms with van der Waals surface area (Å²) in [5.41, 5.74) is 2.07. The molecule has 4 nitrogen and oxygen atoms in total. The predicted molar refractivity (Wildman–Crippen MR) is 79.0 cm³/mol. The van der Waals surface area contributed by atoms with Crippen LogP contribution in [0.3, 0.4) is 0 Å². The van der Waals surface area contributed by atoms with Gasteiger partial charge < -0.3 is 14.6 Å². The van der Waals surface area contributed by atoms with Gasteiger partial charge in [-0.25, -0.2) is 0 Å². The normalized spacial score (nSPS) is 14.7. The Morgan fingerprint density at radius 2 is 2.15 bits per heavy atom. The molecule has 5 heteroatoms. The molecule has 1 aliphatic rings. The highest BCUT2D eigenvalue weighted by Gasteiger charge is 2.20. The van der Waals surface area contributed by atoms with Crippen molar-refractivity contribution in [3.63, 3.8) is 0 Å². The minimum absolute atomic E-state index is 0.442. The Morgan fingerprint density at radius 3 is 2.95 bits per heavy atom.